The molecule has 32 heavy (non-hydrogen) atoms. The monoisotopic (exact) mass is 466 g/mol. The van der Waals surface area contributed by atoms with Crippen LogP contribution >= 0.6 is 23.1 Å². The van der Waals surface area contributed by atoms with Gasteiger partial charge in [0.25, 0.3) is 5.78 Å². The lowest BCUT2D eigenvalue weighted by Crippen LogP contribution is -2.31. The normalized spacial score (nSPS) is 15.6. The Morgan fingerprint density at radius 3 is 2.81 bits per heavy atom. The highest BCUT2D eigenvalue weighted by Crippen LogP contribution is 2.41. The van der Waals surface area contributed by atoms with Crippen LogP contribution in [0.1, 0.15) is 35.7 Å². The largest absolute Gasteiger partial charge is 0.497 e. The second kappa shape index (κ2) is 7.16. The number of ether oxygens (including phenoxy) is 2. The molecule has 5 aromatic rings. The summed E-state index contributed by atoms with van der Waals surface area (Å²) >= 11 is 3.41. The Labute approximate surface area is 192 Å². The molecule has 0 bridgehead atoms. The first-order valence-corrected chi connectivity index (χ1v) is 12.2. The topological polar surface area (TPSA) is 78.8 Å². The van der Waals surface area contributed by atoms with Crippen LogP contribution in [-0.2, 0) is 23.5 Å². The molecule has 0 fully saturated rings. The minimum absolute atomic E-state index is 0.207. The van der Waals surface area contributed by atoms with Gasteiger partial charge in [-0.25, -0.2) is 9.38 Å². The SMILES string of the molecule is COc1ccc(CSc2nnc3n4nc(C)nc4c4c5c(sc4n23)COC(C)(C)C5)cc1. The van der Waals surface area contributed by atoms with Gasteiger partial charge >= 0.3 is 0 Å². The number of benzene rings is 1. The molecule has 0 spiro atoms. The zero-order chi connectivity index (χ0) is 22.0. The number of fused-ring (bicyclic) bond motifs is 8. The maximum atomic E-state index is 6.10. The summed E-state index contributed by atoms with van der Waals surface area (Å²) in [6, 6.07) is 8.11. The first-order valence-electron chi connectivity index (χ1n) is 10.4. The highest BCUT2D eigenvalue weighted by atomic mass is 32.2. The lowest BCUT2D eigenvalue weighted by Gasteiger charge is -2.30. The van der Waals surface area contributed by atoms with Crippen LogP contribution in [0.15, 0.2) is 29.4 Å². The molecule has 164 valence electrons. The van der Waals surface area contributed by atoms with Crippen molar-refractivity contribution >= 4 is 44.7 Å². The van der Waals surface area contributed by atoms with E-state index in [1.807, 2.05) is 23.6 Å². The fourth-order valence-electron chi connectivity index (χ4n) is 4.18. The van der Waals surface area contributed by atoms with Crippen molar-refractivity contribution in [2.45, 2.75) is 50.3 Å². The molecule has 0 atom stereocenters. The number of thioether (sulfide) groups is 1. The van der Waals surface area contributed by atoms with Crippen LogP contribution in [0, 0.1) is 6.92 Å². The van der Waals surface area contributed by atoms with E-state index in [1.165, 1.54) is 16.0 Å². The minimum Gasteiger partial charge on any atom is -0.497 e. The van der Waals surface area contributed by atoms with Gasteiger partial charge in [-0.3, -0.25) is 0 Å². The number of hydrogen-bond acceptors (Lipinski definition) is 8. The van der Waals surface area contributed by atoms with Crippen molar-refractivity contribution < 1.29 is 9.47 Å². The predicted octanol–water partition coefficient (Wildman–Crippen LogP) is 4.45. The zero-order valence-electron chi connectivity index (χ0n) is 18.2. The molecule has 4 aromatic heterocycles. The third-order valence-corrected chi connectivity index (χ3v) is 7.93. The Balaban J connectivity index is 1.52. The fourth-order valence-corrected chi connectivity index (χ4v) is 6.35. The Hall–Kier alpha value is -2.69. The number of methoxy groups -OCH3 is 1. The zero-order valence-corrected chi connectivity index (χ0v) is 19.9. The molecule has 0 saturated heterocycles. The molecule has 0 radical (unpaired) electrons. The average molecular weight is 467 g/mol. The molecule has 1 aromatic carbocycles. The minimum atomic E-state index is -0.207. The Kier molecular flexibility index (Phi) is 4.46. The predicted molar refractivity (Wildman–Crippen MR) is 125 cm³/mol. The van der Waals surface area contributed by atoms with E-state index in [4.69, 9.17) is 14.5 Å². The number of hydrogen-bond donors (Lipinski definition) is 0. The molecule has 0 saturated carbocycles. The van der Waals surface area contributed by atoms with Crippen molar-refractivity contribution in [3.05, 3.63) is 46.1 Å². The van der Waals surface area contributed by atoms with Crippen LogP contribution in [0.5, 0.6) is 5.75 Å². The highest BCUT2D eigenvalue weighted by molar-refractivity contribution is 7.98. The summed E-state index contributed by atoms with van der Waals surface area (Å²) in [5.41, 5.74) is 3.14. The van der Waals surface area contributed by atoms with E-state index in [0.717, 1.165) is 44.8 Å². The average Bonchev–Trinajstić information content (AvgIpc) is 3.46. The van der Waals surface area contributed by atoms with E-state index in [0.29, 0.717) is 12.4 Å². The molecule has 5 heterocycles. The summed E-state index contributed by atoms with van der Waals surface area (Å²) in [6.45, 7) is 6.80. The highest BCUT2D eigenvalue weighted by Gasteiger charge is 2.32. The van der Waals surface area contributed by atoms with Crippen molar-refractivity contribution in [1.82, 2.24) is 29.2 Å². The number of thiophene rings is 1. The molecule has 0 unspecified atom stereocenters. The van der Waals surface area contributed by atoms with Gasteiger partial charge in [0.05, 0.1) is 24.7 Å². The third-order valence-electron chi connectivity index (χ3n) is 5.74. The molecular weight excluding hydrogens is 444 g/mol. The van der Waals surface area contributed by atoms with E-state index in [9.17, 15) is 0 Å². The van der Waals surface area contributed by atoms with Crippen molar-refractivity contribution in [2.75, 3.05) is 7.11 Å². The number of nitrogens with zero attached hydrogens (tertiary/aromatic N) is 6. The van der Waals surface area contributed by atoms with E-state index in [2.05, 4.69) is 45.7 Å². The van der Waals surface area contributed by atoms with Crippen molar-refractivity contribution in [3.8, 4) is 5.75 Å². The van der Waals surface area contributed by atoms with Crippen LogP contribution in [0.25, 0.3) is 21.6 Å². The molecule has 1 aliphatic rings. The molecule has 6 rings (SSSR count). The van der Waals surface area contributed by atoms with Crippen molar-refractivity contribution in [2.24, 2.45) is 0 Å². The number of rotatable bonds is 4. The summed E-state index contributed by atoms with van der Waals surface area (Å²) < 4.78 is 15.3. The second-order valence-electron chi connectivity index (χ2n) is 8.56. The van der Waals surface area contributed by atoms with Crippen LogP contribution in [-0.4, -0.2) is 41.9 Å². The molecular formula is C22H22N6O2S2. The quantitative estimate of drug-likeness (QED) is 0.362. The van der Waals surface area contributed by atoms with Gasteiger partial charge in [0.1, 0.15) is 16.4 Å². The summed E-state index contributed by atoms with van der Waals surface area (Å²) in [6.07, 6.45) is 0.839. The standard InChI is InChI=1S/C22H22N6O2S2/c1-12-23-18-17-15-9-22(2,3)30-10-16(15)32-19(17)27-20(28(18)26-12)24-25-21(27)31-11-13-5-7-14(29-4)8-6-13/h5-8H,9-11H2,1-4H3. The smallest absolute Gasteiger partial charge is 0.260 e. The van der Waals surface area contributed by atoms with E-state index < -0.39 is 0 Å². The fraction of sp³-hybridized carbons (Fsp3) is 0.364. The maximum absolute atomic E-state index is 6.10. The molecule has 0 N–H and O–H groups in total. The molecule has 0 aliphatic carbocycles. The summed E-state index contributed by atoms with van der Waals surface area (Å²) in [7, 11) is 1.68. The Morgan fingerprint density at radius 2 is 2.03 bits per heavy atom. The van der Waals surface area contributed by atoms with E-state index >= 15 is 0 Å². The molecule has 8 nitrogen and oxygen atoms in total. The third kappa shape index (κ3) is 3.08. The van der Waals surface area contributed by atoms with Crippen molar-refractivity contribution in [1.29, 1.82) is 0 Å². The second-order valence-corrected chi connectivity index (χ2v) is 10.6. The van der Waals surface area contributed by atoms with Crippen LogP contribution in [0.4, 0.5) is 0 Å². The van der Waals surface area contributed by atoms with Gasteiger partial charge in [0, 0.05) is 17.1 Å². The molecule has 10 heteroatoms. The maximum Gasteiger partial charge on any atom is 0.260 e. The van der Waals surface area contributed by atoms with Gasteiger partial charge in [-0.1, -0.05) is 23.9 Å². The summed E-state index contributed by atoms with van der Waals surface area (Å²) in [5, 5.41) is 15.6. The number of aromatic nitrogens is 6. The van der Waals surface area contributed by atoms with Gasteiger partial charge in [0.2, 0.25) is 0 Å². The van der Waals surface area contributed by atoms with Crippen LogP contribution < -0.4 is 4.74 Å². The van der Waals surface area contributed by atoms with Gasteiger partial charge in [0.15, 0.2) is 10.8 Å². The summed E-state index contributed by atoms with van der Waals surface area (Å²) in [4.78, 5) is 7.11. The van der Waals surface area contributed by atoms with Crippen LogP contribution in [0.3, 0.4) is 0 Å². The van der Waals surface area contributed by atoms with Crippen LogP contribution in [0.2, 0.25) is 0 Å². The molecule has 1 aliphatic heterocycles. The lowest BCUT2D eigenvalue weighted by atomic mass is 9.94. The Bertz CT molecular complexity index is 1480. The first kappa shape index (κ1) is 20.0. The summed E-state index contributed by atoms with van der Waals surface area (Å²) in [5.74, 6) is 3.04. The first-order chi connectivity index (χ1) is 15.4. The van der Waals surface area contributed by atoms with Gasteiger partial charge < -0.3 is 9.47 Å². The number of aryl methyl sites for hydroxylation is 1. The molecule has 0 amide bonds. The van der Waals surface area contributed by atoms with Gasteiger partial charge in [-0.15, -0.1) is 26.6 Å². The van der Waals surface area contributed by atoms with Crippen molar-refractivity contribution in [3.63, 3.8) is 0 Å². The lowest BCUT2D eigenvalue weighted by molar-refractivity contribution is -0.0379. The Morgan fingerprint density at radius 1 is 1.22 bits per heavy atom. The van der Waals surface area contributed by atoms with Gasteiger partial charge in [-0.05, 0) is 44.0 Å². The van der Waals surface area contributed by atoms with Gasteiger partial charge in [-0.2, -0.15) is 4.52 Å². The van der Waals surface area contributed by atoms with E-state index in [-0.39, 0.29) is 5.60 Å². The van der Waals surface area contributed by atoms with E-state index in [1.54, 1.807) is 30.2 Å².